The lowest BCUT2D eigenvalue weighted by molar-refractivity contribution is 0.127. The van der Waals surface area contributed by atoms with E-state index in [0.717, 1.165) is 12.0 Å². The number of rotatable bonds is 6. The lowest BCUT2D eigenvalue weighted by Crippen LogP contribution is -2.48. The van der Waals surface area contributed by atoms with Gasteiger partial charge in [0.2, 0.25) is 0 Å². The Bertz CT molecular complexity index is 215. The van der Waals surface area contributed by atoms with Crippen LogP contribution in [0.1, 0.15) is 25.7 Å². The minimum Gasteiger partial charge on any atom is -0.315 e. The van der Waals surface area contributed by atoms with Crippen molar-refractivity contribution < 1.29 is 0 Å². The van der Waals surface area contributed by atoms with Crippen molar-refractivity contribution in [3.8, 4) is 0 Å². The van der Waals surface area contributed by atoms with E-state index in [9.17, 15) is 0 Å². The maximum atomic E-state index is 3.59. The monoisotopic (exact) mass is 223 g/mol. The molecule has 16 heavy (non-hydrogen) atoms. The predicted octanol–water partition coefficient (Wildman–Crippen LogP) is 0.766. The summed E-state index contributed by atoms with van der Waals surface area (Å²) in [5.41, 5.74) is 0. The van der Waals surface area contributed by atoms with Gasteiger partial charge in [-0.15, -0.1) is 0 Å². The van der Waals surface area contributed by atoms with Crippen LogP contribution in [0.25, 0.3) is 0 Å². The van der Waals surface area contributed by atoms with Crippen LogP contribution in [0.5, 0.6) is 0 Å². The molecule has 3 rings (SSSR count). The van der Waals surface area contributed by atoms with Crippen LogP contribution in [0.15, 0.2) is 0 Å². The molecule has 3 heteroatoms. The highest BCUT2D eigenvalue weighted by Gasteiger charge is 2.30. The Balaban J connectivity index is 1.25. The van der Waals surface area contributed by atoms with Crippen LogP contribution in [0.3, 0.4) is 0 Å². The van der Waals surface area contributed by atoms with E-state index in [1.807, 2.05) is 0 Å². The van der Waals surface area contributed by atoms with Gasteiger partial charge in [-0.3, -0.25) is 9.80 Å². The van der Waals surface area contributed by atoms with Crippen LogP contribution in [-0.4, -0.2) is 61.7 Å². The van der Waals surface area contributed by atoms with Crippen molar-refractivity contribution >= 4 is 0 Å². The Morgan fingerprint density at radius 3 is 2.31 bits per heavy atom. The molecule has 0 unspecified atom stereocenters. The largest absolute Gasteiger partial charge is 0.315 e. The summed E-state index contributed by atoms with van der Waals surface area (Å²) in [7, 11) is 0. The lowest BCUT2D eigenvalue weighted by atomic mass is 10.3. The van der Waals surface area contributed by atoms with Gasteiger partial charge in [0.05, 0.1) is 0 Å². The quantitative estimate of drug-likeness (QED) is 0.671. The number of hydrogen-bond acceptors (Lipinski definition) is 3. The SMILES string of the molecule is C(CN1CCN(C2CC2)CC1)NCC1CC1. The summed E-state index contributed by atoms with van der Waals surface area (Å²) >= 11 is 0. The van der Waals surface area contributed by atoms with Crippen LogP contribution in [0, 0.1) is 5.92 Å². The molecule has 92 valence electrons. The number of nitrogens with zero attached hydrogens (tertiary/aromatic N) is 2. The molecule has 1 aliphatic heterocycles. The Morgan fingerprint density at radius 1 is 0.938 bits per heavy atom. The number of piperazine rings is 1. The van der Waals surface area contributed by atoms with Crippen molar-refractivity contribution in [3.05, 3.63) is 0 Å². The third kappa shape index (κ3) is 3.19. The van der Waals surface area contributed by atoms with Crippen molar-refractivity contribution in [3.63, 3.8) is 0 Å². The van der Waals surface area contributed by atoms with Gasteiger partial charge in [0, 0.05) is 45.3 Å². The molecule has 1 saturated heterocycles. The van der Waals surface area contributed by atoms with Crippen LogP contribution in [0.2, 0.25) is 0 Å². The summed E-state index contributed by atoms with van der Waals surface area (Å²) in [6, 6.07) is 0.968. The molecule has 1 N–H and O–H groups in total. The molecule has 3 aliphatic rings. The summed E-state index contributed by atoms with van der Waals surface area (Å²) in [5.74, 6) is 1.02. The molecular weight excluding hydrogens is 198 g/mol. The summed E-state index contributed by atoms with van der Waals surface area (Å²) < 4.78 is 0. The summed E-state index contributed by atoms with van der Waals surface area (Å²) in [6.07, 6.45) is 5.85. The normalized spacial score (nSPS) is 28.5. The second-order valence-corrected chi connectivity index (χ2v) is 5.76. The molecule has 0 bridgehead atoms. The molecule has 1 heterocycles. The third-order valence-electron chi connectivity index (χ3n) is 4.20. The number of hydrogen-bond donors (Lipinski definition) is 1. The van der Waals surface area contributed by atoms with Gasteiger partial charge >= 0.3 is 0 Å². The Morgan fingerprint density at radius 2 is 1.69 bits per heavy atom. The van der Waals surface area contributed by atoms with E-state index in [1.54, 1.807) is 0 Å². The average molecular weight is 223 g/mol. The highest BCUT2D eigenvalue weighted by Crippen LogP contribution is 2.28. The van der Waals surface area contributed by atoms with Gasteiger partial charge < -0.3 is 5.32 Å². The van der Waals surface area contributed by atoms with E-state index in [1.165, 1.54) is 71.5 Å². The highest BCUT2D eigenvalue weighted by atomic mass is 15.3. The second-order valence-electron chi connectivity index (χ2n) is 5.76. The lowest BCUT2D eigenvalue weighted by Gasteiger charge is -2.34. The Hall–Kier alpha value is -0.120. The topological polar surface area (TPSA) is 18.5 Å². The van der Waals surface area contributed by atoms with Gasteiger partial charge in [0.15, 0.2) is 0 Å². The molecule has 3 fully saturated rings. The molecule has 0 radical (unpaired) electrons. The van der Waals surface area contributed by atoms with Crippen LogP contribution in [-0.2, 0) is 0 Å². The molecule has 2 aliphatic carbocycles. The number of nitrogens with one attached hydrogen (secondary N) is 1. The van der Waals surface area contributed by atoms with E-state index in [4.69, 9.17) is 0 Å². The maximum Gasteiger partial charge on any atom is 0.0113 e. The zero-order valence-corrected chi connectivity index (χ0v) is 10.3. The summed E-state index contributed by atoms with van der Waals surface area (Å²) in [4.78, 5) is 5.31. The van der Waals surface area contributed by atoms with Gasteiger partial charge in [-0.1, -0.05) is 0 Å². The van der Waals surface area contributed by atoms with Crippen LogP contribution in [0.4, 0.5) is 0 Å². The average Bonchev–Trinajstić information content (AvgIpc) is 3.18. The molecule has 0 amide bonds. The van der Waals surface area contributed by atoms with Crippen molar-refractivity contribution in [2.24, 2.45) is 5.92 Å². The zero-order valence-electron chi connectivity index (χ0n) is 10.3. The fourth-order valence-corrected chi connectivity index (χ4v) is 2.66. The molecule has 3 nitrogen and oxygen atoms in total. The first kappa shape index (κ1) is 11.0. The molecule has 0 atom stereocenters. The van der Waals surface area contributed by atoms with E-state index in [2.05, 4.69) is 15.1 Å². The van der Waals surface area contributed by atoms with E-state index < -0.39 is 0 Å². The van der Waals surface area contributed by atoms with E-state index in [-0.39, 0.29) is 0 Å². The first-order chi connectivity index (χ1) is 7.92. The smallest absolute Gasteiger partial charge is 0.0113 e. The Labute approximate surface area is 99.2 Å². The molecular formula is C13H25N3. The fourth-order valence-electron chi connectivity index (χ4n) is 2.66. The second kappa shape index (κ2) is 5.03. The molecule has 0 aromatic heterocycles. The van der Waals surface area contributed by atoms with Crippen LogP contribution >= 0.6 is 0 Å². The fraction of sp³-hybridized carbons (Fsp3) is 1.00. The highest BCUT2D eigenvalue weighted by molar-refractivity contribution is 4.87. The molecule has 0 spiro atoms. The standard InChI is InChI=1S/C13H25N3/c1-2-12(1)11-14-5-6-15-7-9-16(10-8-15)13-3-4-13/h12-14H,1-11H2. The third-order valence-corrected chi connectivity index (χ3v) is 4.20. The van der Waals surface area contributed by atoms with Gasteiger partial charge in [-0.05, 0) is 38.1 Å². The zero-order chi connectivity index (χ0) is 10.8. The minimum atomic E-state index is 0.968. The first-order valence-electron chi connectivity index (χ1n) is 7.09. The summed E-state index contributed by atoms with van der Waals surface area (Å²) in [6.45, 7) is 8.93. The Kier molecular flexibility index (Phi) is 3.46. The van der Waals surface area contributed by atoms with Crippen molar-refractivity contribution in [2.45, 2.75) is 31.7 Å². The van der Waals surface area contributed by atoms with Gasteiger partial charge in [-0.2, -0.15) is 0 Å². The maximum absolute atomic E-state index is 3.59. The van der Waals surface area contributed by atoms with Gasteiger partial charge in [0.1, 0.15) is 0 Å². The van der Waals surface area contributed by atoms with Crippen molar-refractivity contribution in [1.29, 1.82) is 0 Å². The first-order valence-corrected chi connectivity index (χ1v) is 7.09. The minimum absolute atomic E-state index is 0.968. The van der Waals surface area contributed by atoms with E-state index >= 15 is 0 Å². The molecule has 2 saturated carbocycles. The van der Waals surface area contributed by atoms with Gasteiger partial charge in [-0.25, -0.2) is 0 Å². The molecule has 0 aromatic rings. The van der Waals surface area contributed by atoms with Gasteiger partial charge in [0.25, 0.3) is 0 Å². The predicted molar refractivity (Wildman–Crippen MR) is 66.6 cm³/mol. The van der Waals surface area contributed by atoms with Crippen LogP contribution < -0.4 is 5.32 Å². The molecule has 0 aromatic carbocycles. The summed E-state index contributed by atoms with van der Waals surface area (Å²) in [5, 5.41) is 3.59. The van der Waals surface area contributed by atoms with Crippen molar-refractivity contribution in [2.75, 3.05) is 45.8 Å². The van der Waals surface area contributed by atoms with Crippen molar-refractivity contribution in [1.82, 2.24) is 15.1 Å². The van der Waals surface area contributed by atoms with E-state index in [0.29, 0.717) is 0 Å².